The molecule has 1 amide bonds. The average Bonchev–Trinajstić information content (AvgIpc) is 2.96. The molecule has 1 unspecified atom stereocenters. The molecular formula is C29H35NO9S2. The fourth-order valence-electron chi connectivity index (χ4n) is 3.50. The predicted molar refractivity (Wildman–Crippen MR) is 161 cm³/mol. The van der Waals surface area contributed by atoms with Gasteiger partial charge in [-0.2, -0.15) is 11.8 Å². The largest absolute Gasteiger partial charge is 0.493 e. The molecule has 12 heteroatoms. The van der Waals surface area contributed by atoms with Gasteiger partial charge in [0.05, 0.1) is 34.2 Å². The highest BCUT2D eigenvalue weighted by atomic mass is 32.2. The smallest absolute Gasteiger partial charge is 0.321 e. The highest BCUT2D eigenvalue weighted by Gasteiger charge is 2.17. The Morgan fingerprint density at radius 1 is 0.902 bits per heavy atom. The van der Waals surface area contributed by atoms with Crippen molar-refractivity contribution in [3.63, 3.8) is 0 Å². The van der Waals surface area contributed by atoms with Gasteiger partial charge >= 0.3 is 5.97 Å². The summed E-state index contributed by atoms with van der Waals surface area (Å²) >= 11 is 2.46. The summed E-state index contributed by atoms with van der Waals surface area (Å²) in [4.78, 5) is 48.6. The molecule has 41 heavy (non-hydrogen) atoms. The Morgan fingerprint density at radius 3 is 2.15 bits per heavy atom. The summed E-state index contributed by atoms with van der Waals surface area (Å²) in [6.45, 7) is 3.91. The van der Waals surface area contributed by atoms with Gasteiger partial charge in [0.15, 0.2) is 33.9 Å². The molecule has 0 aromatic heterocycles. The molecule has 1 atom stereocenters. The Balaban J connectivity index is 2.00. The average molecular weight is 606 g/mol. The fraction of sp³-hybridized carbons (Fsp3) is 0.379. The van der Waals surface area contributed by atoms with E-state index in [-0.39, 0.29) is 40.0 Å². The van der Waals surface area contributed by atoms with E-state index in [2.05, 4.69) is 5.32 Å². The molecule has 0 aliphatic carbocycles. The van der Waals surface area contributed by atoms with Crippen molar-refractivity contribution in [2.45, 2.75) is 25.5 Å². The van der Waals surface area contributed by atoms with E-state index in [0.29, 0.717) is 46.4 Å². The number of nitrogens with one attached hydrogen (secondary N) is 1. The lowest BCUT2D eigenvalue weighted by Gasteiger charge is -2.13. The molecule has 0 saturated carbocycles. The molecule has 2 aromatic carbocycles. The van der Waals surface area contributed by atoms with E-state index in [4.69, 9.17) is 23.7 Å². The zero-order valence-corrected chi connectivity index (χ0v) is 25.6. The number of carbonyl (C=O) groups is 4. The SMILES string of the molecule is COc1ccc(/C=C/C(=O)c2cc(OC)c(OC)c(OC)c2)cc1OC(=O)CSC(=O)CC(C)SCCNC(C)=O. The van der Waals surface area contributed by atoms with Gasteiger partial charge in [-0.25, -0.2) is 0 Å². The number of ketones is 1. The molecule has 1 N–H and O–H groups in total. The summed E-state index contributed by atoms with van der Waals surface area (Å²) in [5, 5.41) is 2.63. The normalized spacial score (nSPS) is 11.5. The third-order valence-electron chi connectivity index (χ3n) is 5.47. The molecule has 222 valence electrons. The fourth-order valence-corrected chi connectivity index (χ4v) is 5.20. The first-order valence-electron chi connectivity index (χ1n) is 12.5. The van der Waals surface area contributed by atoms with Crippen LogP contribution in [0.2, 0.25) is 0 Å². The van der Waals surface area contributed by atoms with Crippen molar-refractivity contribution in [3.8, 4) is 28.7 Å². The van der Waals surface area contributed by atoms with Crippen molar-refractivity contribution in [3.05, 3.63) is 47.5 Å². The maximum absolute atomic E-state index is 12.9. The van der Waals surface area contributed by atoms with Gasteiger partial charge in [-0.05, 0) is 35.9 Å². The summed E-state index contributed by atoms with van der Waals surface area (Å²) in [7, 11) is 5.85. The summed E-state index contributed by atoms with van der Waals surface area (Å²) < 4.78 is 26.7. The lowest BCUT2D eigenvalue weighted by atomic mass is 10.1. The molecule has 0 fully saturated rings. The van der Waals surface area contributed by atoms with Crippen LogP contribution < -0.4 is 29.0 Å². The Morgan fingerprint density at radius 2 is 1.56 bits per heavy atom. The molecule has 0 aliphatic rings. The van der Waals surface area contributed by atoms with Crippen LogP contribution in [-0.2, 0) is 14.4 Å². The van der Waals surface area contributed by atoms with Gasteiger partial charge in [0.25, 0.3) is 0 Å². The minimum absolute atomic E-state index is 0.0474. The van der Waals surface area contributed by atoms with Gasteiger partial charge in [0.1, 0.15) is 0 Å². The Bertz CT molecular complexity index is 1240. The highest BCUT2D eigenvalue weighted by Crippen LogP contribution is 2.38. The van der Waals surface area contributed by atoms with Crippen LogP contribution in [0.3, 0.4) is 0 Å². The molecule has 2 rings (SSSR count). The van der Waals surface area contributed by atoms with Gasteiger partial charge in [-0.3, -0.25) is 19.2 Å². The molecular weight excluding hydrogens is 570 g/mol. The number of allylic oxidation sites excluding steroid dienone is 1. The maximum Gasteiger partial charge on any atom is 0.321 e. The first-order chi connectivity index (χ1) is 19.6. The number of hydrogen-bond acceptors (Lipinski definition) is 11. The maximum atomic E-state index is 12.9. The number of rotatable bonds is 16. The van der Waals surface area contributed by atoms with E-state index in [1.54, 1.807) is 48.2 Å². The van der Waals surface area contributed by atoms with E-state index < -0.39 is 5.97 Å². The van der Waals surface area contributed by atoms with Gasteiger partial charge < -0.3 is 29.0 Å². The van der Waals surface area contributed by atoms with E-state index in [9.17, 15) is 19.2 Å². The van der Waals surface area contributed by atoms with E-state index in [0.717, 1.165) is 11.8 Å². The molecule has 0 saturated heterocycles. The second-order valence-electron chi connectivity index (χ2n) is 8.53. The third kappa shape index (κ3) is 11.0. The number of hydrogen-bond donors (Lipinski definition) is 1. The van der Waals surface area contributed by atoms with Crippen molar-refractivity contribution >= 4 is 52.4 Å². The molecule has 0 heterocycles. The molecule has 0 aliphatic heterocycles. The first kappa shape index (κ1) is 33.6. The highest BCUT2D eigenvalue weighted by molar-refractivity contribution is 8.14. The van der Waals surface area contributed by atoms with Crippen molar-refractivity contribution < 1.29 is 42.9 Å². The van der Waals surface area contributed by atoms with Crippen LogP contribution in [0.4, 0.5) is 0 Å². The van der Waals surface area contributed by atoms with Crippen LogP contribution in [-0.4, -0.2) is 74.5 Å². The Hall–Kier alpha value is -3.64. The Labute approximate surface area is 248 Å². The topological polar surface area (TPSA) is 126 Å². The number of carbonyl (C=O) groups excluding carboxylic acids is 4. The number of ether oxygens (including phenoxy) is 5. The number of amides is 1. The summed E-state index contributed by atoms with van der Waals surface area (Å²) in [6, 6.07) is 8.00. The quantitative estimate of drug-likeness (QED) is 0.0960. The molecule has 2 aromatic rings. The molecule has 10 nitrogen and oxygen atoms in total. The summed E-state index contributed by atoms with van der Waals surface area (Å²) in [5.41, 5.74) is 0.918. The zero-order chi connectivity index (χ0) is 30.4. The van der Waals surface area contributed by atoms with Crippen molar-refractivity contribution in [1.82, 2.24) is 5.32 Å². The van der Waals surface area contributed by atoms with Crippen LogP contribution in [0.15, 0.2) is 36.4 Å². The van der Waals surface area contributed by atoms with Crippen molar-refractivity contribution in [2.75, 3.05) is 46.5 Å². The second kappa shape index (κ2) is 17.2. The lowest BCUT2D eigenvalue weighted by molar-refractivity contribution is -0.131. The van der Waals surface area contributed by atoms with Crippen molar-refractivity contribution in [2.24, 2.45) is 0 Å². The molecule has 0 spiro atoms. The molecule has 0 radical (unpaired) electrons. The van der Waals surface area contributed by atoms with Crippen LogP contribution >= 0.6 is 23.5 Å². The van der Waals surface area contributed by atoms with Crippen molar-refractivity contribution in [1.29, 1.82) is 0 Å². The second-order valence-corrected chi connectivity index (χ2v) is 11.1. The van der Waals surface area contributed by atoms with E-state index in [1.165, 1.54) is 41.4 Å². The predicted octanol–water partition coefficient (Wildman–Crippen LogP) is 4.43. The number of thioether (sulfide) groups is 2. The number of esters is 1. The Kier molecular flexibility index (Phi) is 14.1. The monoisotopic (exact) mass is 605 g/mol. The van der Waals surface area contributed by atoms with Crippen LogP contribution in [0.25, 0.3) is 6.08 Å². The third-order valence-corrected chi connectivity index (χ3v) is 7.52. The standard InChI is InChI=1S/C29H35NO9S2/c1-18(40-12-11-30-19(2)31)13-28(34)41-17-27(33)39-24-14-20(8-10-23(24)35-3)7-9-22(32)21-15-25(36-4)29(38-6)26(16-21)37-5/h7-10,14-16,18H,11-13,17H2,1-6H3,(H,30,31)/b9-7+. The minimum atomic E-state index is -0.609. The van der Waals surface area contributed by atoms with Crippen LogP contribution in [0.1, 0.15) is 36.2 Å². The van der Waals surface area contributed by atoms with Gasteiger partial charge in [-0.1, -0.05) is 30.8 Å². The van der Waals surface area contributed by atoms with Gasteiger partial charge in [0.2, 0.25) is 11.7 Å². The van der Waals surface area contributed by atoms with E-state index in [1.807, 2.05) is 6.92 Å². The van der Waals surface area contributed by atoms with Gasteiger partial charge in [0, 0.05) is 36.5 Å². The van der Waals surface area contributed by atoms with Crippen LogP contribution in [0, 0.1) is 0 Å². The summed E-state index contributed by atoms with van der Waals surface area (Å²) in [5.74, 6) is 1.10. The van der Waals surface area contributed by atoms with Crippen LogP contribution in [0.5, 0.6) is 28.7 Å². The lowest BCUT2D eigenvalue weighted by Crippen LogP contribution is -2.23. The minimum Gasteiger partial charge on any atom is -0.493 e. The first-order valence-corrected chi connectivity index (χ1v) is 14.6. The zero-order valence-electron chi connectivity index (χ0n) is 23.9. The molecule has 0 bridgehead atoms. The van der Waals surface area contributed by atoms with E-state index >= 15 is 0 Å². The number of benzene rings is 2. The summed E-state index contributed by atoms with van der Waals surface area (Å²) in [6.07, 6.45) is 3.23. The van der Waals surface area contributed by atoms with Gasteiger partial charge in [-0.15, -0.1) is 0 Å². The number of methoxy groups -OCH3 is 4.